The van der Waals surface area contributed by atoms with Gasteiger partial charge in [0, 0.05) is 36.1 Å². The van der Waals surface area contributed by atoms with Crippen molar-refractivity contribution in [2.75, 3.05) is 12.4 Å². The van der Waals surface area contributed by atoms with Crippen molar-refractivity contribution in [3.63, 3.8) is 0 Å². The zero-order valence-corrected chi connectivity index (χ0v) is 14.6. The molecule has 1 atom stereocenters. The molecular formula is C19H17ClFN3O. The van der Waals surface area contributed by atoms with Gasteiger partial charge < -0.3 is 10.2 Å². The average Bonchev–Trinajstić information content (AvgIpc) is 2.63. The summed E-state index contributed by atoms with van der Waals surface area (Å²) in [5.74, 6) is -0.525. The third-order valence-corrected chi connectivity index (χ3v) is 4.51. The Morgan fingerprint density at radius 1 is 1.24 bits per heavy atom. The van der Waals surface area contributed by atoms with E-state index in [2.05, 4.69) is 10.3 Å². The molecule has 0 fully saturated rings. The van der Waals surface area contributed by atoms with Gasteiger partial charge in [0.2, 0.25) is 0 Å². The van der Waals surface area contributed by atoms with Crippen molar-refractivity contribution in [1.82, 2.24) is 9.88 Å². The highest BCUT2D eigenvalue weighted by molar-refractivity contribution is 6.31. The van der Waals surface area contributed by atoms with Crippen molar-refractivity contribution in [3.05, 3.63) is 71.3 Å². The Labute approximate surface area is 150 Å². The highest BCUT2D eigenvalue weighted by atomic mass is 35.5. The van der Waals surface area contributed by atoms with Crippen LogP contribution in [0.15, 0.2) is 54.9 Å². The maximum Gasteiger partial charge on any atom is 0.322 e. The summed E-state index contributed by atoms with van der Waals surface area (Å²) < 4.78 is 13.2. The van der Waals surface area contributed by atoms with Crippen molar-refractivity contribution < 1.29 is 9.18 Å². The molecule has 0 radical (unpaired) electrons. The van der Waals surface area contributed by atoms with Crippen molar-refractivity contribution in [1.29, 1.82) is 0 Å². The van der Waals surface area contributed by atoms with E-state index in [9.17, 15) is 9.18 Å². The van der Waals surface area contributed by atoms with Crippen LogP contribution in [0.4, 0.5) is 14.9 Å². The summed E-state index contributed by atoms with van der Waals surface area (Å²) in [5, 5.41) is 4.76. The number of benzene rings is 2. The lowest BCUT2D eigenvalue weighted by atomic mass is 10.0. The molecule has 6 heteroatoms. The number of nitrogens with one attached hydrogen (secondary N) is 1. The highest BCUT2D eigenvalue weighted by Gasteiger charge is 2.20. The molecule has 128 valence electrons. The molecule has 0 bridgehead atoms. The second-order valence-electron chi connectivity index (χ2n) is 5.80. The minimum Gasteiger partial charge on any atom is -0.321 e. The van der Waals surface area contributed by atoms with Gasteiger partial charge in [-0.25, -0.2) is 9.18 Å². The van der Waals surface area contributed by atoms with Gasteiger partial charge in [-0.15, -0.1) is 0 Å². The number of carbonyl (C=O) groups is 1. The predicted molar refractivity (Wildman–Crippen MR) is 98.3 cm³/mol. The molecule has 1 unspecified atom stereocenters. The van der Waals surface area contributed by atoms with Crippen LogP contribution in [0.1, 0.15) is 18.5 Å². The second-order valence-corrected chi connectivity index (χ2v) is 6.20. The summed E-state index contributed by atoms with van der Waals surface area (Å²) in [4.78, 5) is 18.4. The van der Waals surface area contributed by atoms with Crippen LogP contribution in [-0.2, 0) is 0 Å². The molecule has 2 aromatic carbocycles. The number of carbonyl (C=O) groups excluding carboxylic acids is 1. The number of hydrogen-bond acceptors (Lipinski definition) is 2. The number of amides is 2. The van der Waals surface area contributed by atoms with E-state index in [1.807, 2.05) is 31.2 Å². The van der Waals surface area contributed by atoms with Gasteiger partial charge in [-0.3, -0.25) is 4.98 Å². The van der Waals surface area contributed by atoms with Crippen LogP contribution < -0.4 is 5.32 Å². The van der Waals surface area contributed by atoms with Gasteiger partial charge in [-0.2, -0.15) is 0 Å². The maximum atomic E-state index is 13.2. The molecule has 0 saturated carbocycles. The first kappa shape index (κ1) is 17.2. The van der Waals surface area contributed by atoms with E-state index in [0.717, 1.165) is 16.3 Å². The van der Waals surface area contributed by atoms with Crippen molar-refractivity contribution in [3.8, 4) is 0 Å². The Hall–Kier alpha value is -2.66. The fourth-order valence-corrected chi connectivity index (χ4v) is 2.82. The SMILES string of the molecule is CC(c1cncc2ccccc12)N(C)C(=O)Nc1ccc(F)c(Cl)c1. The lowest BCUT2D eigenvalue weighted by Gasteiger charge is -2.26. The topological polar surface area (TPSA) is 45.2 Å². The fraction of sp³-hybridized carbons (Fsp3) is 0.158. The van der Waals surface area contributed by atoms with Gasteiger partial charge in [-0.05, 0) is 30.5 Å². The molecule has 0 aliphatic carbocycles. The van der Waals surface area contributed by atoms with Gasteiger partial charge in [0.1, 0.15) is 5.82 Å². The number of pyridine rings is 1. The van der Waals surface area contributed by atoms with E-state index in [-0.39, 0.29) is 17.1 Å². The van der Waals surface area contributed by atoms with Crippen LogP contribution in [0.2, 0.25) is 5.02 Å². The monoisotopic (exact) mass is 357 g/mol. The maximum absolute atomic E-state index is 13.2. The van der Waals surface area contributed by atoms with Crippen molar-refractivity contribution in [2.24, 2.45) is 0 Å². The Morgan fingerprint density at radius 2 is 2.00 bits per heavy atom. The van der Waals surface area contributed by atoms with E-state index >= 15 is 0 Å². The molecule has 3 aromatic rings. The van der Waals surface area contributed by atoms with Gasteiger partial charge in [-0.1, -0.05) is 35.9 Å². The summed E-state index contributed by atoms with van der Waals surface area (Å²) in [7, 11) is 1.70. The first-order valence-corrected chi connectivity index (χ1v) is 8.16. The van der Waals surface area contributed by atoms with Crippen LogP contribution in [-0.4, -0.2) is 23.0 Å². The van der Waals surface area contributed by atoms with E-state index in [1.165, 1.54) is 18.2 Å². The first-order chi connectivity index (χ1) is 12.0. The van der Waals surface area contributed by atoms with Crippen LogP contribution >= 0.6 is 11.6 Å². The summed E-state index contributed by atoms with van der Waals surface area (Å²) >= 11 is 5.75. The number of nitrogens with zero attached hydrogens (tertiary/aromatic N) is 2. The summed E-state index contributed by atoms with van der Waals surface area (Å²) in [6.07, 6.45) is 3.57. The molecule has 1 heterocycles. The van der Waals surface area contributed by atoms with Crippen LogP contribution in [0.5, 0.6) is 0 Å². The molecule has 0 saturated heterocycles. The molecule has 2 amide bonds. The molecule has 3 rings (SSSR count). The predicted octanol–water partition coefficient (Wildman–Crippen LogP) is 5.25. The average molecular weight is 358 g/mol. The number of fused-ring (bicyclic) bond motifs is 1. The van der Waals surface area contributed by atoms with E-state index in [4.69, 9.17) is 11.6 Å². The number of hydrogen-bond donors (Lipinski definition) is 1. The number of rotatable bonds is 3. The van der Waals surface area contributed by atoms with Crippen molar-refractivity contribution in [2.45, 2.75) is 13.0 Å². The standard InChI is InChI=1S/C19H17ClFN3O/c1-12(16-11-22-10-13-5-3-4-6-15(13)16)24(2)19(25)23-14-7-8-18(21)17(20)9-14/h3-12H,1-2H3,(H,23,25). The van der Waals surface area contributed by atoms with Crippen LogP contribution in [0.3, 0.4) is 0 Å². The zero-order chi connectivity index (χ0) is 18.0. The molecular weight excluding hydrogens is 341 g/mol. The smallest absolute Gasteiger partial charge is 0.321 e. The van der Waals surface area contributed by atoms with Gasteiger partial charge in [0.15, 0.2) is 0 Å². The Morgan fingerprint density at radius 3 is 2.76 bits per heavy atom. The highest BCUT2D eigenvalue weighted by Crippen LogP contribution is 2.27. The molecule has 4 nitrogen and oxygen atoms in total. The molecule has 0 spiro atoms. The minimum absolute atomic E-state index is 0.0354. The molecule has 1 aromatic heterocycles. The molecule has 1 N–H and O–H groups in total. The number of urea groups is 1. The van der Waals surface area contributed by atoms with E-state index in [1.54, 1.807) is 24.3 Å². The summed E-state index contributed by atoms with van der Waals surface area (Å²) in [6, 6.07) is 11.5. The third kappa shape index (κ3) is 3.56. The van der Waals surface area contributed by atoms with E-state index < -0.39 is 5.82 Å². The normalized spacial score (nSPS) is 12.0. The Bertz CT molecular complexity index is 926. The van der Waals surface area contributed by atoms with Crippen LogP contribution in [0.25, 0.3) is 10.8 Å². The summed E-state index contributed by atoms with van der Waals surface area (Å²) in [5.41, 5.74) is 1.39. The molecule has 0 aliphatic rings. The summed E-state index contributed by atoms with van der Waals surface area (Å²) in [6.45, 7) is 1.93. The van der Waals surface area contributed by atoms with E-state index in [0.29, 0.717) is 5.69 Å². The zero-order valence-electron chi connectivity index (χ0n) is 13.8. The van der Waals surface area contributed by atoms with Gasteiger partial charge in [0.05, 0.1) is 11.1 Å². The van der Waals surface area contributed by atoms with Crippen LogP contribution in [0, 0.1) is 5.82 Å². The minimum atomic E-state index is -0.525. The lowest BCUT2D eigenvalue weighted by Crippen LogP contribution is -2.33. The lowest BCUT2D eigenvalue weighted by molar-refractivity contribution is 0.208. The number of halogens is 2. The van der Waals surface area contributed by atoms with Gasteiger partial charge >= 0.3 is 6.03 Å². The molecule has 25 heavy (non-hydrogen) atoms. The largest absolute Gasteiger partial charge is 0.322 e. The number of anilines is 1. The van der Waals surface area contributed by atoms with Gasteiger partial charge in [0.25, 0.3) is 0 Å². The van der Waals surface area contributed by atoms with Crippen molar-refractivity contribution >= 4 is 34.1 Å². The first-order valence-electron chi connectivity index (χ1n) is 7.79. The third-order valence-electron chi connectivity index (χ3n) is 4.22. The quantitative estimate of drug-likeness (QED) is 0.695. The fourth-order valence-electron chi connectivity index (χ4n) is 2.64. The Kier molecular flexibility index (Phi) is 4.86. The Balaban J connectivity index is 1.82. The number of aromatic nitrogens is 1. The molecule has 0 aliphatic heterocycles. The second kappa shape index (κ2) is 7.07.